The van der Waals surface area contributed by atoms with Gasteiger partial charge in [-0.15, -0.1) is 0 Å². The van der Waals surface area contributed by atoms with Gasteiger partial charge in [0.05, 0.1) is 16.8 Å². The molecular weight excluding hydrogens is 274 g/mol. The Kier molecular flexibility index (Phi) is 2.46. The summed E-state index contributed by atoms with van der Waals surface area (Å²) in [6.07, 6.45) is 1.73. The van der Waals surface area contributed by atoms with Crippen LogP contribution in [0.1, 0.15) is 24.3 Å². The van der Waals surface area contributed by atoms with Crippen LogP contribution in [0.3, 0.4) is 0 Å². The third kappa shape index (κ3) is 1.65. The van der Waals surface area contributed by atoms with E-state index in [2.05, 4.69) is 0 Å². The first-order chi connectivity index (χ1) is 10.1. The molecule has 4 rings (SSSR count). The van der Waals surface area contributed by atoms with E-state index in [-0.39, 0.29) is 47.2 Å². The molecule has 1 heterocycles. The maximum absolute atomic E-state index is 11.8. The summed E-state index contributed by atoms with van der Waals surface area (Å²) >= 11 is 0. The van der Waals surface area contributed by atoms with Crippen molar-refractivity contribution in [3.63, 3.8) is 0 Å². The van der Waals surface area contributed by atoms with Crippen molar-refractivity contribution in [1.82, 2.24) is 0 Å². The van der Waals surface area contributed by atoms with Gasteiger partial charge in [0.25, 0.3) is 5.69 Å². The molecule has 3 fully saturated rings. The molecule has 0 amide bonds. The number of non-ortho nitro benzene ring substituents is 1. The molecule has 1 aromatic carbocycles. The van der Waals surface area contributed by atoms with Gasteiger partial charge in [0.1, 0.15) is 0 Å². The standard InChI is InChI=1S/C15H13NO5/c17-14-12-8-5-10(11(6-8)13(12)15(18)21-14)7-1-3-9(4-2-7)16(19)20/h1-4,8,10-13H,5-6H2/t8-,10+,11-,12-,13+/m0/s1. The third-order valence-electron chi connectivity index (χ3n) is 5.28. The van der Waals surface area contributed by atoms with Crippen molar-refractivity contribution in [2.24, 2.45) is 23.7 Å². The molecule has 0 radical (unpaired) electrons. The predicted octanol–water partition coefficient (Wildman–Crippen LogP) is 2.03. The summed E-state index contributed by atoms with van der Waals surface area (Å²) in [5, 5.41) is 10.7. The summed E-state index contributed by atoms with van der Waals surface area (Å²) in [6, 6.07) is 6.52. The lowest BCUT2D eigenvalue weighted by molar-refractivity contribution is -0.384. The highest BCUT2D eigenvalue weighted by Gasteiger charge is 2.63. The molecule has 1 aromatic rings. The average Bonchev–Trinajstić information content (AvgIpc) is 3.12. The zero-order valence-electron chi connectivity index (χ0n) is 11.1. The van der Waals surface area contributed by atoms with E-state index in [9.17, 15) is 19.7 Å². The van der Waals surface area contributed by atoms with Gasteiger partial charge in [0, 0.05) is 12.1 Å². The summed E-state index contributed by atoms with van der Waals surface area (Å²) in [5.74, 6) is -0.785. The smallest absolute Gasteiger partial charge is 0.317 e. The van der Waals surface area contributed by atoms with Crippen molar-refractivity contribution in [2.75, 3.05) is 0 Å². The van der Waals surface area contributed by atoms with E-state index in [0.29, 0.717) is 0 Å². The number of rotatable bonds is 2. The number of fused-ring (bicyclic) bond motifs is 5. The second kappa shape index (κ2) is 4.13. The number of esters is 2. The molecule has 1 aliphatic heterocycles. The van der Waals surface area contributed by atoms with Gasteiger partial charge >= 0.3 is 11.9 Å². The highest BCUT2D eigenvalue weighted by atomic mass is 16.6. The van der Waals surface area contributed by atoms with E-state index >= 15 is 0 Å². The molecule has 3 aliphatic rings. The van der Waals surface area contributed by atoms with Crippen LogP contribution >= 0.6 is 0 Å². The van der Waals surface area contributed by atoms with Crippen LogP contribution in [0.5, 0.6) is 0 Å². The molecular formula is C15H13NO5. The Hall–Kier alpha value is -2.24. The number of cyclic esters (lactones) is 2. The first kappa shape index (κ1) is 12.5. The Morgan fingerprint density at radius 1 is 1.05 bits per heavy atom. The van der Waals surface area contributed by atoms with E-state index in [1.165, 1.54) is 12.1 Å². The molecule has 5 atom stereocenters. The Morgan fingerprint density at radius 2 is 1.71 bits per heavy atom. The van der Waals surface area contributed by atoms with E-state index in [0.717, 1.165) is 18.4 Å². The molecule has 0 aromatic heterocycles. The lowest BCUT2D eigenvalue weighted by Gasteiger charge is -2.27. The van der Waals surface area contributed by atoms with Crippen LogP contribution in [-0.2, 0) is 14.3 Å². The van der Waals surface area contributed by atoms with Crippen molar-refractivity contribution in [2.45, 2.75) is 18.8 Å². The Bertz CT molecular complexity index is 653. The van der Waals surface area contributed by atoms with Crippen molar-refractivity contribution in [1.29, 1.82) is 0 Å². The highest BCUT2D eigenvalue weighted by molar-refractivity contribution is 5.97. The van der Waals surface area contributed by atoms with Crippen LogP contribution < -0.4 is 0 Å². The number of benzene rings is 1. The second-order valence-corrected chi connectivity index (χ2v) is 6.14. The molecule has 2 bridgehead atoms. The Balaban J connectivity index is 1.63. The fraction of sp³-hybridized carbons (Fsp3) is 0.467. The fourth-order valence-electron chi connectivity index (χ4n) is 4.48. The van der Waals surface area contributed by atoms with Gasteiger partial charge in [-0.2, -0.15) is 0 Å². The van der Waals surface area contributed by atoms with Crippen molar-refractivity contribution < 1.29 is 19.2 Å². The van der Waals surface area contributed by atoms with Crippen LogP contribution in [0.15, 0.2) is 24.3 Å². The number of nitro groups is 1. The molecule has 2 saturated carbocycles. The molecule has 0 spiro atoms. The number of nitrogens with zero attached hydrogens (tertiary/aromatic N) is 1. The van der Waals surface area contributed by atoms with Gasteiger partial charge in [-0.05, 0) is 36.2 Å². The maximum Gasteiger partial charge on any atom is 0.317 e. The van der Waals surface area contributed by atoms with Gasteiger partial charge in [-0.1, -0.05) is 12.1 Å². The number of nitro benzene ring substituents is 1. The van der Waals surface area contributed by atoms with Gasteiger partial charge in [0.15, 0.2) is 0 Å². The van der Waals surface area contributed by atoms with Crippen LogP contribution in [-0.4, -0.2) is 16.9 Å². The average molecular weight is 287 g/mol. The zero-order chi connectivity index (χ0) is 14.7. The second-order valence-electron chi connectivity index (χ2n) is 6.14. The quantitative estimate of drug-likeness (QED) is 0.359. The zero-order valence-corrected chi connectivity index (χ0v) is 11.1. The minimum absolute atomic E-state index is 0.0650. The summed E-state index contributed by atoms with van der Waals surface area (Å²) in [5.41, 5.74) is 1.08. The maximum atomic E-state index is 11.8. The fourth-order valence-corrected chi connectivity index (χ4v) is 4.48. The third-order valence-corrected chi connectivity index (χ3v) is 5.28. The number of hydrogen-bond acceptors (Lipinski definition) is 5. The van der Waals surface area contributed by atoms with E-state index in [1.54, 1.807) is 12.1 Å². The minimum atomic E-state index is -0.423. The molecule has 108 valence electrons. The number of carbonyl (C=O) groups excluding carboxylic acids is 2. The van der Waals surface area contributed by atoms with Gasteiger partial charge in [-0.25, -0.2) is 0 Å². The van der Waals surface area contributed by atoms with E-state index in [4.69, 9.17) is 4.74 Å². The SMILES string of the molecule is O=C1OC(=O)[C@H]2[C@@H]3C[C@H]([C@@H]12)[C@@H](c1ccc([N+](=O)[O-])cc1)C3. The van der Waals surface area contributed by atoms with E-state index in [1.807, 2.05) is 0 Å². The van der Waals surface area contributed by atoms with Gasteiger partial charge in [-0.3, -0.25) is 19.7 Å². The normalized spacial score (nSPS) is 36.7. The Labute approximate surface area is 120 Å². The molecule has 21 heavy (non-hydrogen) atoms. The van der Waals surface area contributed by atoms with Crippen molar-refractivity contribution in [3.05, 3.63) is 39.9 Å². The molecule has 1 saturated heterocycles. The van der Waals surface area contributed by atoms with Crippen LogP contribution in [0.2, 0.25) is 0 Å². The first-order valence-corrected chi connectivity index (χ1v) is 7.06. The summed E-state index contributed by atoms with van der Waals surface area (Å²) in [4.78, 5) is 33.8. The van der Waals surface area contributed by atoms with Crippen molar-refractivity contribution >= 4 is 17.6 Å². The Morgan fingerprint density at radius 3 is 2.38 bits per heavy atom. The summed E-state index contributed by atoms with van der Waals surface area (Å²) in [7, 11) is 0. The minimum Gasteiger partial charge on any atom is -0.393 e. The molecule has 2 aliphatic carbocycles. The topological polar surface area (TPSA) is 86.5 Å². The van der Waals surface area contributed by atoms with Crippen LogP contribution in [0.25, 0.3) is 0 Å². The summed E-state index contributed by atoms with van der Waals surface area (Å²) < 4.78 is 4.78. The highest BCUT2D eigenvalue weighted by Crippen LogP contribution is 2.61. The first-order valence-electron chi connectivity index (χ1n) is 7.06. The van der Waals surface area contributed by atoms with E-state index < -0.39 is 4.92 Å². The number of ether oxygens (including phenoxy) is 1. The predicted molar refractivity (Wildman–Crippen MR) is 70.1 cm³/mol. The van der Waals surface area contributed by atoms with Gasteiger partial charge in [0.2, 0.25) is 0 Å². The lowest BCUT2D eigenvalue weighted by atomic mass is 9.73. The number of hydrogen-bond donors (Lipinski definition) is 0. The summed E-state index contributed by atoms with van der Waals surface area (Å²) in [6.45, 7) is 0. The monoisotopic (exact) mass is 287 g/mol. The van der Waals surface area contributed by atoms with Gasteiger partial charge < -0.3 is 4.74 Å². The van der Waals surface area contributed by atoms with Crippen LogP contribution in [0, 0.1) is 33.8 Å². The number of carbonyl (C=O) groups is 2. The molecule has 0 N–H and O–H groups in total. The van der Waals surface area contributed by atoms with Crippen LogP contribution in [0.4, 0.5) is 5.69 Å². The van der Waals surface area contributed by atoms with Crippen molar-refractivity contribution in [3.8, 4) is 0 Å². The lowest BCUT2D eigenvalue weighted by Crippen LogP contribution is -2.29. The molecule has 6 heteroatoms. The molecule has 6 nitrogen and oxygen atoms in total. The molecule has 0 unspecified atom stereocenters. The largest absolute Gasteiger partial charge is 0.393 e.